The standard InChI is InChI=1S/C11H12ClFN4/c1-2-17-10(6-14)15-16-11(17)7-3-4-8(12)9(13)5-7/h3-5H,2,6,14H2,1H3. The van der Waals surface area contributed by atoms with Gasteiger partial charge in [-0.15, -0.1) is 10.2 Å². The average molecular weight is 255 g/mol. The topological polar surface area (TPSA) is 56.7 Å². The van der Waals surface area contributed by atoms with E-state index < -0.39 is 5.82 Å². The zero-order valence-corrected chi connectivity index (χ0v) is 10.1. The lowest BCUT2D eigenvalue weighted by Gasteiger charge is -2.06. The number of halogens is 2. The maximum atomic E-state index is 13.4. The van der Waals surface area contributed by atoms with Crippen molar-refractivity contribution >= 4 is 11.6 Å². The van der Waals surface area contributed by atoms with Gasteiger partial charge in [-0.2, -0.15) is 0 Å². The molecule has 0 bridgehead atoms. The van der Waals surface area contributed by atoms with Gasteiger partial charge in [-0.05, 0) is 25.1 Å². The molecule has 0 spiro atoms. The zero-order chi connectivity index (χ0) is 12.4. The predicted octanol–water partition coefficient (Wildman–Crippen LogP) is 2.22. The van der Waals surface area contributed by atoms with Gasteiger partial charge in [0.05, 0.1) is 11.6 Å². The Bertz CT molecular complexity index is 538. The number of nitrogens with two attached hydrogens (primary N) is 1. The number of rotatable bonds is 3. The minimum Gasteiger partial charge on any atom is -0.324 e. The minimum absolute atomic E-state index is 0.0929. The highest BCUT2D eigenvalue weighted by atomic mass is 35.5. The third-order valence-corrected chi connectivity index (χ3v) is 2.81. The number of nitrogens with zero attached hydrogens (tertiary/aromatic N) is 3. The van der Waals surface area contributed by atoms with E-state index in [1.54, 1.807) is 6.07 Å². The first-order chi connectivity index (χ1) is 8.17. The van der Waals surface area contributed by atoms with Crippen molar-refractivity contribution in [2.24, 2.45) is 5.73 Å². The molecule has 2 rings (SSSR count). The van der Waals surface area contributed by atoms with Crippen molar-refractivity contribution in [1.82, 2.24) is 14.8 Å². The molecule has 17 heavy (non-hydrogen) atoms. The van der Waals surface area contributed by atoms with E-state index in [2.05, 4.69) is 10.2 Å². The van der Waals surface area contributed by atoms with Crippen LogP contribution >= 0.6 is 11.6 Å². The molecule has 0 saturated heterocycles. The largest absolute Gasteiger partial charge is 0.324 e. The molecule has 0 atom stereocenters. The van der Waals surface area contributed by atoms with Crippen LogP contribution in [0.2, 0.25) is 5.02 Å². The fraction of sp³-hybridized carbons (Fsp3) is 0.273. The third kappa shape index (κ3) is 2.16. The van der Waals surface area contributed by atoms with E-state index >= 15 is 0 Å². The Morgan fingerprint density at radius 3 is 2.76 bits per heavy atom. The van der Waals surface area contributed by atoms with Crippen LogP contribution in [0.1, 0.15) is 12.7 Å². The van der Waals surface area contributed by atoms with Crippen molar-refractivity contribution in [3.8, 4) is 11.4 Å². The molecule has 1 aromatic carbocycles. The molecule has 0 fully saturated rings. The van der Waals surface area contributed by atoms with Crippen LogP contribution in [-0.4, -0.2) is 14.8 Å². The Kier molecular flexibility index (Phi) is 3.40. The second-order valence-corrected chi connectivity index (χ2v) is 3.92. The summed E-state index contributed by atoms with van der Waals surface area (Å²) < 4.78 is 15.2. The molecule has 0 amide bonds. The van der Waals surface area contributed by atoms with Gasteiger partial charge >= 0.3 is 0 Å². The van der Waals surface area contributed by atoms with Gasteiger partial charge in [-0.1, -0.05) is 11.6 Å². The minimum atomic E-state index is -0.468. The highest BCUT2D eigenvalue weighted by Gasteiger charge is 2.12. The van der Waals surface area contributed by atoms with Gasteiger partial charge in [0.2, 0.25) is 0 Å². The van der Waals surface area contributed by atoms with Crippen LogP contribution in [0, 0.1) is 5.82 Å². The summed E-state index contributed by atoms with van der Waals surface area (Å²) in [5.41, 5.74) is 6.19. The lowest BCUT2D eigenvalue weighted by Crippen LogP contribution is -2.08. The van der Waals surface area contributed by atoms with E-state index in [-0.39, 0.29) is 5.02 Å². The molecular formula is C11H12ClFN4. The normalized spacial score (nSPS) is 10.8. The predicted molar refractivity (Wildman–Crippen MR) is 64.0 cm³/mol. The molecule has 0 radical (unpaired) electrons. The third-order valence-electron chi connectivity index (χ3n) is 2.50. The van der Waals surface area contributed by atoms with Gasteiger partial charge in [-0.3, -0.25) is 0 Å². The van der Waals surface area contributed by atoms with Gasteiger partial charge in [0.1, 0.15) is 11.6 Å². The van der Waals surface area contributed by atoms with E-state index in [0.29, 0.717) is 30.3 Å². The van der Waals surface area contributed by atoms with Crippen LogP contribution in [0.3, 0.4) is 0 Å². The van der Waals surface area contributed by atoms with Crippen LogP contribution in [-0.2, 0) is 13.1 Å². The van der Waals surface area contributed by atoms with Gasteiger partial charge in [0.15, 0.2) is 5.82 Å². The summed E-state index contributed by atoms with van der Waals surface area (Å²) in [4.78, 5) is 0. The fourth-order valence-corrected chi connectivity index (χ4v) is 1.78. The second kappa shape index (κ2) is 4.81. The molecule has 1 heterocycles. The number of benzene rings is 1. The van der Waals surface area contributed by atoms with E-state index in [9.17, 15) is 4.39 Å². The fourth-order valence-electron chi connectivity index (χ4n) is 1.67. The summed E-state index contributed by atoms with van der Waals surface area (Å²) in [5, 5.41) is 8.08. The van der Waals surface area contributed by atoms with Crippen molar-refractivity contribution in [1.29, 1.82) is 0 Å². The van der Waals surface area contributed by atoms with Crippen LogP contribution in [0.5, 0.6) is 0 Å². The average Bonchev–Trinajstić information content (AvgIpc) is 2.75. The zero-order valence-electron chi connectivity index (χ0n) is 9.32. The van der Waals surface area contributed by atoms with Crippen molar-refractivity contribution < 1.29 is 4.39 Å². The van der Waals surface area contributed by atoms with E-state index in [1.807, 2.05) is 11.5 Å². The Hall–Kier alpha value is -1.46. The quantitative estimate of drug-likeness (QED) is 0.914. The van der Waals surface area contributed by atoms with Gasteiger partial charge in [0.25, 0.3) is 0 Å². The van der Waals surface area contributed by atoms with Gasteiger partial charge in [0, 0.05) is 12.1 Å². The lowest BCUT2D eigenvalue weighted by atomic mass is 10.2. The van der Waals surface area contributed by atoms with E-state index in [1.165, 1.54) is 12.1 Å². The summed E-state index contributed by atoms with van der Waals surface area (Å²) in [6.45, 7) is 2.94. The summed E-state index contributed by atoms with van der Waals surface area (Å²) in [6.07, 6.45) is 0. The summed E-state index contributed by atoms with van der Waals surface area (Å²) in [7, 11) is 0. The Morgan fingerprint density at radius 2 is 2.18 bits per heavy atom. The maximum absolute atomic E-state index is 13.4. The molecule has 0 aliphatic heterocycles. The van der Waals surface area contributed by atoms with E-state index in [0.717, 1.165) is 0 Å². The van der Waals surface area contributed by atoms with Crippen LogP contribution in [0.25, 0.3) is 11.4 Å². The Labute approximate surface area is 103 Å². The molecule has 0 unspecified atom stereocenters. The molecule has 0 aliphatic rings. The Balaban J connectivity index is 2.52. The smallest absolute Gasteiger partial charge is 0.164 e. The highest BCUT2D eigenvalue weighted by molar-refractivity contribution is 6.30. The molecule has 2 N–H and O–H groups in total. The van der Waals surface area contributed by atoms with E-state index in [4.69, 9.17) is 17.3 Å². The first kappa shape index (κ1) is 12.0. The second-order valence-electron chi connectivity index (χ2n) is 3.52. The van der Waals surface area contributed by atoms with Gasteiger partial charge < -0.3 is 10.3 Å². The lowest BCUT2D eigenvalue weighted by molar-refractivity contribution is 0.628. The van der Waals surface area contributed by atoms with Crippen molar-refractivity contribution in [3.63, 3.8) is 0 Å². The summed E-state index contributed by atoms with van der Waals surface area (Å²) >= 11 is 5.64. The van der Waals surface area contributed by atoms with Gasteiger partial charge in [-0.25, -0.2) is 4.39 Å². The highest BCUT2D eigenvalue weighted by Crippen LogP contribution is 2.23. The first-order valence-electron chi connectivity index (χ1n) is 5.25. The molecule has 0 aliphatic carbocycles. The Morgan fingerprint density at radius 1 is 1.41 bits per heavy atom. The first-order valence-corrected chi connectivity index (χ1v) is 5.62. The summed E-state index contributed by atoms with van der Waals surface area (Å²) in [5.74, 6) is 0.811. The molecule has 90 valence electrons. The van der Waals surface area contributed by atoms with Crippen LogP contribution < -0.4 is 5.73 Å². The number of hydrogen-bond donors (Lipinski definition) is 1. The SMILES string of the molecule is CCn1c(CN)nnc1-c1ccc(Cl)c(F)c1. The monoisotopic (exact) mass is 254 g/mol. The number of aromatic nitrogens is 3. The summed E-state index contributed by atoms with van der Waals surface area (Å²) in [6, 6.07) is 4.56. The number of hydrogen-bond acceptors (Lipinski definition) is 3. The molecular weight excluding hydrogens is 243 g/mol. The van der Waals surface area contributed by atoms with Crippen LogP contribution in [0.4, 0.5) is 4.39 Å². The molecule has 2 aromatic rings. The van der Waals surface area contributed by atoms with Crippen molar-refractivity contribution in [2.45, 2.75) is 20.0 Å². The van der Waals surface area contributed by atoms with Crippen molar-refractivity contribution in [3.05, 3.63) is 34.9 Å². The van der Waals surface area contributed by atoms with Crippen LogP contribution in [0.15, 0.2) is 18.2 Å². The maximum Gasteiger partial charge on any atom is 0.164 e. The van der Waals surface area contributed by atoms with Crippen molar-refractivity contribution in [2.75, 3.05) is 0 Å². The molecule has 1 aromatic heterocycles. The molecule has 4 nitrogen and oxygen atoms in total. The molecule has 6 heteroatoms. The molecule has 0 saturated carbocycles.